The van der Waals surface area contributed by atoms with Gasteiger partial charge < -0.3 is 9.73 Å². The van der Waals surface area contributed by atoms with Crippen LogP contribution in [-0.2, 0) is 6.42 Å². The van der Waals surface area contributed by atoms with E-state index in [9.17, 15) is 0 Å². The highest BCUT2D eigenvalue weighted by atomic mass is 79.9. The molecular weight excluding hydrogens is 282 g/mol. The minimum atomic E-state index is 0.597. The smallest absolute Gasteiger partial charge is 0.247 e. The van der Waals surface area contributed by atoms with Crippen LogP contribution in [-0.4, -0.2) is 23.3 Å². The number of nitrogens with zero attached hydrogens (tertiary/aromatic N) is 2. The monoisotopic (exact) mass is 293 g/mol. The van der Waals surface area contributed by atoms with Gasteiger partial charge in [0.1, 0.15) is 0 Å². The highest BCUT2D eigenvalue weighted by Gasteiger charge is 2.20. The van der Waals surface area contributed by atoms with Crippen LogP contribution in [0, 0.1) is 5.92 Å². The fraction of sp³-hybridized carbons (Fsp3) is 0.333. The standard InChI is InChI=1S/C12H12BrN3O/c13-10-3-1-9(2-4-10)12-16-15-11(17-12)5-8-6-14-7-8/h1-4,8,14H,5-7H2. The van der Waals surface area contributed by atoms with E-state index in [4.69, 9.17) is 4.42 Å². The number of hydrogen-bond acceptors (Lipinski definition) is 4. The molecule has 1 aromatic carbocycles. The topological polar surface area (TPSA) is 51.0 Å². The third-order valence-electron chi connectivity index (χ3n) is 2.89. The van der Waals surface area contributed by atoms with Gasteiger partial charge >= 0.3 is 0 Å². The highest BCUT2D eigenvalue weighted by molar-refractivity contribution is 9.10. The van der Waals surface area contributed by atoms with Crippen LogP contribution in [0.15, 0.2) is 33.2 Å². The van der Waals surface area contributed by atoms with Gasteiger partial charge in [-0.1, -0.05) is 15.9 Å². The molecule has 88 valence electrons. The lowest BCUT2D eigenvalue weighted by molar-refractivity contribution is 0.319. The summed E-state index contributed by atoms with van der Waals surface area (Å²) >= 11 is 3.40. The van der Waals surface area contributed by atoms with Crippen molar-refractivity contribution in [3.8, 4) is 11.5 Å². The summed E-state index contributed by atoms with van der Waals surface area (Å²) in [5.41, 5.74) is 0.957. The lowest BCUT2D eigenvalue weighted by Gasteiger charge is -2.25. The van der Waals surface area contributed by atoms with Crippen LogP contribution in [0.3, 0.4) is 0 Å². The zero-order valence-electron chi connectivity index (χ0n) is 9.19. The Morgan fingerprint density at radius 3 is 2.65 bits per heavy atom. The summed E-state index contributed by atoms with van der Waals surface area (Å²) in [4.78, 5) is 0. The van der Waals surface area contributed by atoms with Crippen molar-refractivity contribution >= 4 is 15.9 Å². The summed E-state index contributed by atoms with van der Waals surface area (Å²) < 4.78 is 6.69. The Kier molecular flexibility index (Phi) is 2.94. The number of halogens is 1. The van der Waals surface area contributed by atoms with Crippen molar-refractivity contribution in [3.05, 3.63) is 34.6 Å². The molecule has 0 unspecified atom stereocenters. The van der Waals surface area contributed by atoms with Gasteiger partial charge in [0.25, 0.3) is 0 Å². The maximum atomic E-state index is 5.65. The van der Waals surface area contributed by atoms with E-state index in [-0.39, 0.29) is 0 Å². The average molecular weight is 294 g/mol. The Morgan fingerprint density at radius 2 is 2.00 bits per heavy atom. The molecule has 1 saturated heterocycles. The minimum Gasteiger partial charge on any atom is -0.421 e. The van der Waals surface area contributed by atoms with Gasteiger partial charge in [-0.3, -0.25) is 0 Å². The maximum Gasteiger partial charge on any atom is 0.247 e. The summed E-state index contributed by atoms with van der Waals surface area (Å²) in [5.74, 6) is 1.97. The van der Waals surface area contributed by atoms with E-state index in [1.54, 1.807) is 0 Å². The Morgan fingerprint density at radius 1 is 1.24 bits per heavy atom. The van der Waals surface area contributed by atoms with E-state index in [1.165, 1.54) is 0 Å². The predicted octanol–water partition coefficient (Wildman–Crippen LogP) is 2.26. The molecule has 1 aliphatic rings. The molecule has 0 amide bonds. The Labute approximate surface area is 108 Å². The van der Waals surface area contributed by atoms with Crippen LogP contribution < -0.4 is 5.32 Å². The summed E-state index contributed by atoms with van der Waals surface area (Å²) in [7, 11) is 0. The lowest BCUT2D eigenvalue weighted by atomic mass is 10.00. The second kappa shape index (κ2) is 4.58. The van der Waals surface area contributed by atoms with Gasteiger partial charge in [0.2, 0.25) is 11.8 Å². The number of benzene rings is 1. The molecule has 1 aromatic heterocycles. The molecule has 2 aromatic rings. The van der Waals surface area contributed by atoms with Gasteiger partial charge in [0.15, 0.2) is 0 Å². The first-order valence-corrected chi connectivity index (χ1v) is 6.39. The first-order valence-electron chi connectivity index (χ1n) is 5.60. The lowest BCUT2D eigenvalue weighted by Crippen LogP contribution is -2.43. The fourth-order valence-corrected chi connectivity index (χ4v) is 2.05. The third kappa shape index (κ3) is 2.40. The Bertz CT molecular complexity index is 505. The molecule has 0 radical (unpaired) electrons. The molecular formula is C12H12BrN3O. The summed E-state index contributed by atoms with van der Waals surface area (Å²) in [6, 6.07) is 7.86. The van der Waals surface area contributed by atoms with Crippen molar-refractivity contribution in [1.82, 2.24) is 15.5 Å². The molecule has 0 bridgehead atoms. The molecule has 4 nitrogen and oxygen atoms in total. The number of aromatic nitrogens is 2. The number of rotatable bonds is 3. The van der Waals surface area contributed by atoms with Crippen LogP contribution in [0.1, 0.15) is 5.89 Å². The second-order valence-electron chi connectivity index (χ2n) is 4.24. The molecule has 2 heterocycles. The third-order valence-corrected chi connectivity index (χ3v) is 3.42. The van der Waals surface area contributed by atoms with Crippen molar-refractivity contribution in [3.63, 3.8) is 0 Å². The van der Waals surface area contributed by atoms with E-state index >= 15 is 0 Å². The van der Waals surface area contributed by atoms with E-state index < -0.39 is 0 Å². The summed E-state index contributed by atoms with van der Waals surface area (Å²) in [6.45, 7) is 2.10. The van der Waals surface area contributed by atoms with Crippen molar-refractivity contribution < 1.29 is 4.42 Å². The molecule has 3 rings (SSSR count). The van der Waals surface area contributed by atoms with Crippen LogP contribution in [0.2, 0.25) is 0 Å². The van der Waals surface area contributed by atoms with E-state index in [2.05, 4.69) is 31.4 Å². The van der Waals surface area contributed by atoms with Crippen LogP contribution in [0.25, 0.3) is 11.5 Å². The van der Waals surface area contributed by atoms with E-state index in [1.807, 2.05) is 24.3 Å². The van der Waals surface area contributed by atoms with Crippen LogP contribution in [0.5, 0.6) is 0 Å². The Balaban J connectivity index is 1.76. The van der Waals surface area contributed by atoms with Crippen LogP contribution in [0.4, 0.5) is 0 Å². The van der Waals surface area contributed by atoms with Crippen molar-refractivity contribution in [2.75, 3.05) is 13.1 Å². The zero-order chi connectivity index (χ0) is 11.7. The normalized spacial score (nSPS) is 15.8. The molecule has 0 aliphatic carbocycles. The molecule has 0 spiro atoms. The van der Waals surface area contributed by atoms with Gasteiger partial charge in [-0.15, -0.1) is 10.2 Å². The largest absolute Gasteiger partial charge is 0.421 e. The number of nitrogens with one attached hydrogen (secondary N) is 1. The van der Waals surface area contributed by atoms with E-state index in [0.29, 0.717) is 11.8 Å². The molecule has 0 saturated carbocycles. The predicted molar refractivity (Wildman–Crippen MR) is 67.5 cm³/mol. The molecule has 0 atom stereocenters. The number of hydrogen-bond donors (Lipinski definition) is 1. The highest BCUT2D eigenvalue weighted by Crippen LogP contribution is 2.21. The van der Waals surface area contributed by atoms with Crippen molar-refractivity contribution in [1.29, 1.82) is 0 Å². The molecule has 5 heteroatoms. The molecule has 1 aliphatic heterocycles. The average Bonchev–Trinajstić information content (AvgIpc) is 2.73. The second-order valence-corrected chi connectivity index (χ2v) is 5.15. The van der Waals surface area contributed by atoms with Crippen molar-refractivity contribution in [2.24, 2.45) is 5.92 Å². The first kappa shape index (κ1) is 10.9. The van der Waals surface area contributed by atoms with Gasteiger partial charge in [-0.2, -0.15) is 0 Å². The van der Waals surface area contributed by atoms with Gasteiger partial charge in [-0.05, 0) is 43.3 Å². The Hall–Kier alpha value is -1.20. The SMILES string of the molecule is Brc1ccc(-c2nnc(CC3CNC3)o2)cc1. The first-order chi connectivity index (χ1) is 8.31. The van der Waals surface area contributed by atoms with Gasteiger partial charge in [0, 0.05) is 16.5 Å². The molecule has 1 fully saturated rings. The summed E-state index contributed by atoms with van der Waals surface area (Å²) in [6.07, 6.45) is 0.872. The van der Waals surface area contributed by atoms with Crippen LogP contribution >= 0.6 is 15.9 Å². The zero-order valence-corrected chi connectivity index (χ0v) is 10.8. The minimum absolute atomic E-state index is 0.597. The van der Waals surface area contributed by atoms with E-state index in [0.717, 1.165) is 35.4 Å². The maximum absolute atomic E-state index is 5.65. The molecule has 17 heavy (non-hydrogen) atoms. The summed E-state index contributed by atoms with van der Waals surface area (Å²) in [5, 5.41) is 11.4. The van der Waals surface area contributed by atoms with Crippen molar-refractivity contribution in [2.45, 2.75) is 6.42 Å². The quantitative estimate of drug-likeness (QED) is 0.943. The fourth-order valence-electron chi connectivity index (χ4n) is 1.78. The van der Waals surface area contributed by atoms with Gasteiger partial charge in [0.05, 0.1) is 0 Å². The molecule has 1 N–H and O–H groups in total. The van der Waals surface area contributed by atoms with Gasteiger partial charge in [-0.25, -0.2) is 0 Å².